The van der Waals surface area contributed by atoms with Crippen molar-refractivity contribution in [3.8, 4) is 0 Å². The van der Waals surface area contributed by atoms with Gasteiger partial charge in [-0.1, -0.05) is 32.1 Å². The van der Waals surface area contributed by atoms with E-state index in [0.717, 1.165) is 5.57 Å². The molecule has 2 nitrogen and oxygen atoms in total. The van der Waals surface area contributed by atoms with Crippen LogP contribution in [0, 0.1) is 11.8 Å². The molecule has 1 aliphatic carbocycles. The Morgan fingerprint density at radius 2 is 1.92 bits per heavy atom. The molecule has 0 heterocycles. The summed E-state index contributed by atoms with van der Waals surface area (Å²) >= 11 is 0. The topological polar surface area (TPSA) is 20.3 Å². The van der Waals surface area contributed by atoms with Gasteiger partial charge in [-0.25, -0.2) is 0 Å². The van der Waals surface area contributed by atoms with Gasteiger partial charge in [0.05, 0.1) is 0 Å². The Labute approximate surface area is 79.9 Å². The number of allylic oxidation sites excluding steroid dienone is 2. The summed E-state index contributed by atoms with van der Waals surface area (Å²) in [7, 11) is 3.55. The van der Waals surface area contributed by atoms with E-state index in [4.69, 9.17) is 0 Å². The molecule has 72 valence electrons. The lowest BCUT2D eigenvalue weighted by Crippen LogP contribution is -2.24. The minimum atomic E-state index is 0.0926. The average molecular weight is 179 g/mol. The third kappa shape index (κ3) is 2.20. The van der Waals surface area contributed by atoms with Crippen LogP contribution < -0.4 is 0 Å². The van der Waals surface area contributed by atoms with Crippen LogP contribution in [0.15, 0.2) is 23.8 Å². The highest BCUT2D eigenvalue weighted by Gasteiger charge is 2.17. The summed E-state index contributed by atoms with van der Waals surface area (Å²) in [5.74, 6) is 1.10. The largest absolute Gasteiger partial charge is 0.345 e. The lowest BCUT2D eigenvalue weighted by molar-refractivity contribution is -0.124. The maximum Gasteiger partial charge on any atom is 0.253 e. The van der Waals surface area contributed by atoms with Gasteiger partial charge < -0.3 is 4.90 Å². The Hall–Kier alpha value is -1.05. The second-order valence-electron chi connectivity index (χ2n) is 3.90. The standard InChI is InChI=1S/C11H17NO/c1-8-5-6-10(7-9(8)2)11(13)12(3)4/h5-9H,1-4H3/t8-,9+/m0/s1. The van der Waals surface area contributed by atoms with Crippen LogP contribution in [0.2, 0.25) is 0 Å². The van der Waals surface area contributed by atoms with Crippen LogP contribution in [0.3, 0.4) is 0 Å². The van der Waals surface area contributed by atoms with Crippen LogP contribution in [-0.4, -0.2) is 24.9 Å². The third-order valence-electron chi connectivity index (χ3n) is 2.50. The van der Waals surface area contributed by atoms with Crippen molar-refractivity contribution >= 4 is 5.91 Å². The van der Waals surface area contributed by atoms with Gasteiger partial charge in [0, 0.05) is 19.7 Å². The van der Waals surface area contributed by atoms with Crippen molar-refractivity contribution in [2.45, 2.75) is 13.8 Å². The molecule has 0 fully saturated rings. The Morgan fingerprint density at radius 3 is 2.38 bits per heavy atom. The first-order chi connectivity index (χ1) is 6.02. The zero-order chi connectivity index (χ0) is 10.0. The molecule has 0 N–H and O–H groups in total. The molecule has 0 unspecified atom stereocenters. The predicted molar refractivity (Wildman–Crippen MR) is 54.2 cm³/mol. The number of hydrogen-bond donors (Lipinski definition) is 0. The maximum absolute atomic E-state index is 11.6. The molecule has 1 rings (SSSR count). The van der Waals surface area contributed by atoms with E-state index in [9.17, 15) is 4.79 Å². The molecule has 0 bridgehead atoms. The highest BCUT2D eigenvalue weighted by atomic mass is 16.2. The van der Waals surface area contributed by atoms with Crippen molar-refractivity contribution in [3.63, 3.8) is 0 Å². The second kappa shape index (κ2) is 3.77. The van der Waals surface area contributed by atoms with Crippen LogP contribution in [0.25, 0.3) is 0 Å². The van der Waals surface area contributed by atoms with Crippen LogP contribution in [0.1, 0.15) is 13.8 Å². The number of likely N-dealkylation sites (N-methyl/N-ethyl adjacent to an activating group) is 1. The first-order valence-corrected chi connectivity index (χ1v) is 4.64. The van der Waals surface area contributed by atoms with Crippen molar-refractivity contribution in [1.82, 2.24) is 4.90 Å². The highest BCUT2D eigenvalue weighted by molar-refractivity contribution is 5.96. The van der Waals surface area contributed by atoms with Gasteiger partial charge in [-0.2, -0.15) is 0 Å². The Morgan fingerprint density at radius 1 is 1.31 bits per heavy atom. The van der Waals surface area contributed by atoms with Gasteiger partial charge in [0.2, 0.25) is 0 Å². The van der Waals surface area contributed by atoms with E-state index in [1.54, 1.807) is 19.0 Å². The van der Waals surface area contributed by atoms with Crippen LogP contribution >= 0.6 is 0 Å². The van der Waals surface area contributed by atoms with E-state index in [-0.39, 0.29) is 5.91 Å². The number of nitrogens with zero attached hydrogens (tertiary/aromatic N) is 1. The van der Waals surface area contributed by atoms with Gasteiger partial charge in [0.25, 0.3) is 5.91 Å². The number of hydrogen-bond acceptors (Lipinski definition) is 1. The minimum Gasteiger partial charge on any atom is -0.345 e. The van der Waals surface area contributed by atoms with Gasteiger partial charge in [0.15, 0.2) is 0 Å². The summed E-state index contributed by atoms with van der Waals surface area (Å²) in [6.45, 7) is 4.30. The zero-order valence-electron chi connectivity index (χ0n) is 8.74. The van der Waals surface area contributed by atoms with E-state index < -0.39 is 0 Å². The molecule has 0 spiro atoms. The fourth-order valence-electron chi connectivity index (χ4n) is 1.32. The van der Waals surface area contributed by atoms with Crippen molar-refractivity contribution in [1.29, 1.82) is 0 Å². The normalized spacial score (nSPS) is 26.9. The molecule has 0 aromatic carbocycles. The summed E-state index contributed by atoms with van der Waals surface area (Å²) in [6.07, 6.45) is 6.07. The van der Waals surface area contributed by atoms with Crippen molar-refractivity contribution < 1.29 is 4.79 Å². The summed E-state index contributed by atoms with van der Waals surface area (Å²) in [4.78, 5) is 13.2. The molecule has 1 aliphatic rings. The van der Waals surface area contributed by atoms with E-state index in [2.05, 4.69) is 19.9 Å². The van der Waals surface area contributed by atoms with Crippen molar-refractivity contribution in [2.75, 3.05) is 14.1 Å². The van der Waals surface area contributed by atoms with Gasteiger partial charge in [-0.05, 0) is 11.8 Å². The molecule has 0 aliphatic heterocycles. The fraction of sp³-hybridized carbons (Fsp3) is 0.545. The molecule has 0 saturated heterocycles. The minimum absolute atomic E-state index is 0.0926. The Balaban J connectivity index is 2.79. The fourth-order valence-corrected chi connectivity index (χ4v) is 1.32. The monoisotopic (exact) mass is 179 g/mol. The number of amides is 1. The van der Waals surface area contributed by atoms with Gasteiger partial charge in [0.1, 0.15) is 0 Å². The highest BCUT2D eigenvalue weighted by Crippen LogP contribution is 2.22. The smallest absolute Gasteiger partial charge is 0.253 e. The summed E-state index contributed by atoms with van der Waals surface area (Å²) < 4.78 is 0. The molecular formula is C11H17NO. The van der Waals surface area contributed by atoms with E-state index in [0.29, 0.717) is 11.8 Å². The van der Waals surface area contributed by atoms with E-state index in [1.807, 2.05) is 12.2 Å². The van der Waals surface area contributed by atoms with Crippen molar-refractivity contribution in [3.05, 3.63) is 23.8 Å². The molecule has 2 heteroatoms. The molecule has 0 radical (unpaired) electrons. The number of rotatable bonds is 1. The third-order valence-corrected chi connectivity index (χ3v) is 2.50. The van der Waals surface area contributed by atoms with Gasteiger partial charge in [-0.3, -0.25) is 4.79 Å². The number of carbonyl (C=O) groups excluding carboxylic acids is 1. The average Bonchev–Trinajstić information content (AvgIpc) is 2.08. The lowest BCUT2D eigenvalue weighted by atomic mass is 9.88. The molecular weight excluding hydrogens is 162 g/mol. The second-order valence-corrected chi connectivity index (χ2v) is 3.90. The molecule has 0 saturated carbocycles. The van der Waals surface area contributed by atoms with Crippen LogP contribution in [0.5, 0.6) is 0 Å². The van der Waals surface area contributed by atoms with Gasteiger partial charge in [-0.15, -0.1) is 0 Å². The molecule has 2 atom stereocenters. The van der Waals surface area contributed by atoms with E-state index in [1.165, 1.54) is 0 Å². The van der Waals surface area contributed by atoms with Crippen LogP contribution in [0.4, 0.5) is 0 Å². The Kier molecular flexibility index (Phi) is 2.91. The van der Waals surface area contributed by atoms with Crippen LogP contribution in [-0.2, 0) is 4.79 Å². The molecule has 13 heavy (non-hydrogen) atoms. The first kappa shape index (κ1) is 10.0. The Bertz CT molecular complexity index is 263. The number of carbonyl (C=O) groups is 1. The summed E-state index contributed by atoms with van der Waals surface area (Å²) in [5.41, 5.74) is 0.815. The van der Waals surface area contributed by atoms with E-state index >= 15 is 0 Å². The zero-order valence-corrected chi connectivity index (χ0v) is 8.74. The summed E-state index contributed by atoms with van der Waals surface area (Å²) in [6, 6.07) is 0. The SMILES string of the molecule is C[C@@H]1C=C(C(=O)N(C)C)C=C[C@@H]1C. The van der Waals surface area contributed by atoms with Gasteiger partial charge >= 0.3 is 0 Å². The maximum atomic E-state index is 11.6. The van der Waals surface area contributed by atoms with Crippen molar-refractivity contribution in [2.24, 2.45) is 11.8 Å². The summed E-state index contributed by atoms with van der Waals surface area (Å²) in [5, 5.41) is 0. The first-order valence-electron chi connectivity index (χ1n) is 4.64. The molecule has 1 amide bonds. The predicted octanol–water partition coefficient (Wildman–Crippen LogP) is 1.84. The lowest BCUT2D eigenvalue weighted by Gasteiger charge is -2.20. The molecule has 0 aromatic rings. The molecule has 0 aromatic heterocycles. The quantitative estimate of drug-likeness (QED) is 0.601.